The van der Waals surface area contributed by atoms with Crippen LogP contribution < -0.4 is 15.4 Å². The summed E-state index contributed by atoms with van der Waals surface area (Å²) in [4.78, 5) is 12.3. The Hall–Kier alpha value is -3.15. The van der Waals surface area contributed by atoms with Crippen molar-refractivity contribution in [3.05, 3.63) is 59.0 Å². The van der Waals surface area contributed by atoms with E-state index in [0.717, 1.165) is 28.2 Å². The predicted molar refractivity (Wildman–Crippen MR) is 96.5 cm³/mol. The Balaban J connectivity index is 1.66. The molecule has 3 aliphatic heterocycles. The minimum Gasteiger partial charge on any atom is -0.467 e. The fourth-order valence-electron chi connectivity index (χ4n) is 3.95. The fraction of sp³-hybridized carbons (Fsp3) is 0.250. The monoisotopic (exact) mass is 350 g/mol. The van der Waals surface area contributed by atoms with Crippen molar-refractivity contribution in [3.8, 4) is 5.95 Å². The summed E-state index contributed by atoms with van der Waals surface area (Å²) in [6.07, 6.45) is 6.26. The zero-order valence-corrected chi connectivity index (χ0v) is 14.2. The average molecular weight is 350 g/mol. The lowest BCUT2D eigenvalue weighted by Crippen LogP contribution is -2.42. The Morgan fingerprint density at radius 3 is 3.08 bits per heavy atom. The van der Waals surface area contributed by atoms with E-state index < -0.39 is 6.04 Å². The number of allylic oxidation sites excluding steroid dienone is 1. The molecule has 1 aromatic heterocycles. The lowest BCUT2D eigenvalue weighted by atomic mass is 9.86. The van der Waals surface area contributed by atoms with Gasteiger partial charge in [-0.1, -0.05) is 18.2 Å². The molecule has 2 unspecified atom stereocenters. The number of hydrogen-bond acceptors (Lipinski definition) is 6. The second-order valence-electron chi connectivity index (χ2n) is 6.57. The van der Waals surface area contributed by atoms with Crippen LogP contribution in [0.5, 0.6) is 5.95 Å². The first kappa shape index (κ1) is 15.1. The molecule has 4 heterocycles. The summed E-state index contributed by atoms with van der Waals surface area (Å²) in [6, 6.07) is 7.76. The van der Waals surface area contributed by atoms with Crippen molar-refractivity contribution in [3.63, 3.8) is 0 Å². The third-order valence-corrected chi connectivity index (χ3v) is 5.16. The number of hydrogen-bond donors (Lipinski definition) is 2. The van der Waals surface area contributed by atoms with Crippen molar-refractivity contribution >= 4 is 23.4 Å². The number of nitrogens with one attached hydrogen (secondary N) is 2. The van der Waals surface area contributed by atoms with E-state index >= 15 is 0 Å². The van der Waals surface area contributed by atoms with Crippen molar-refractivity contribution in [1.29, 1.82) is 0 Å². The van der Waals surface area contributed by atoms with Gasteiger partial charge in [0.25, 0.3) is 5.95 Å². The maximum atomic E-state index is 12.3. The molecule has 6 heteroatoms. The average Bonchev–Trinajstić information content (AvgIpc) is 3.28. The first-order chi connectivity index (χ1) is 12.8. The number of para-hydroxylation sites is 1. The van der Waals surface area contributed by atoms with E-state index in [9.17, 15) is 4.79 Å². The van der Waals surface area contributed by atoms with E-state index in [0.29, 0.717) is 19.0 Å². The molecule has 0 aliphatic carbocycles. The molecule has 5 rings (SSSR count). The van der Waals surface area contributed by atoms with Crippen LogP contribution in [0.25, 0.3) is 11.8 Å². The highest BCUT2D eigenvalue weighted by atomic mass is 16.6. The number of carbonyl (C=O) groups excluding carboxylic acids is 1. The van der Waals surface area contributed by atoms with Crippen LogP contribution in [-0.2, 0) is 9.53 Å². The molecule has 6 nitrogen and oxygen atoms in total. The molecule has 2 atom stereocenters. The summed E-state index contributed by atoms with van der Waals surface area (Å²) >= 11 is 0. The van der Waals surface area contributed by atoms with Gasteiger partial charge in [-0.2, -0.15) is 0 Å². The zero-order valence-electron chi connectivity index (χ0n) is 14.2. The number of furan rings is 1. The molecule has 0 saturated heterocycles. The summed E-state index contributed by atoms with van der Waals surface area (Å²) in [5.41, 5.74) is 5.93. The summed E-state index contributed by atoms with van der Waals surface area (Å²) in [6.45, 7) is 0.496. The maximum Gasteiger partial charge on any atom is 0.328 e. The van der Waals surface area contributed by atoms with Gasteiger partial charge in [-0.15, -0.1) is 0 Å². The van der Waals surface area contributed by atoms with Crippen LogP contribution in [-0.4, -0.2) is 25.7 Å². The maximum absolute atomic E-state index is 12.3. The molecular weight excluding hydrogens is 332 g/mol. The van der Waals surface area contributed by atoms with Gasteiger partial charge < -0.3 is 24.5 Å². The molecule has 0 saturated carbocycles. The van der Waals surface area contributed by atoms with Crippen LogP contribution in [0, 0.1) is 0 Å². The fourth-order valence-corrected chi connectivity index (χ4v) is 3.95. The molecule has 0 bridgehead atoms. The summed E-state index contributed by atoms with van der Waals surface area (Å²) in [5, 5.41) is 6.87. The van der Waals surface area contributed by atoms with Crippen LogP contribution in [0.3, 0.4) is 0 Å². The molecular formula is C20H18N2O4. The first-order valence-corrected chi connectivity index (χ1v) is 8.62. The molecule has 132 valence electrons. The van der Waals surface area contributed by atoms with Crippen molar-refractivity contribution in [2.45, 2.75) is 18.4 Å². The Labute approximate surface area is 150 Å². The van der Waals surface area contributed by atoms with Crippen LogP contribution >= 0.6 is 0 Å². The van der Waals surface area contributed by atoms with Gasteiger partial charge in [0, 0.05) is 22.9 Å². The number of fused-ring (bicyclic) bond motifs is 4. The Kier molecular flexibility index (Phi) is 3.31. The van der Waals surface area contributed by atoms with Crippen molar-refractivity contribution in [2.75, 3.05) is 19.0 Å². The molecule has 2 N–H and O–H groups in total. The third-order valence-electron chi connectivity index (χ3n) is 5.16. The zero-order chi connectivity index (χ0) is 17.7. The molecule has 0 fully saturated rings. The molecule has 2 aromatic rings. The second-order valence-corrected chi connectivity index (χ2v) is 6.57. The number of esters is 1. The number of rotatable bonds is 2. The highest BCUT2D eigenvalue weighted by Gasteiger charge is 2.40. The molecule has 0 spiro atoms. The lowest BCUT2D eigenvalue weighted by molar-refractivity contribution is -0.143. The van der Waals surface area contributed by atoms with Crippen LogP contribution in [0.4, 0.5) is 5.69 Å². The van der Waals surface area contributed by atoms with Gasteiger partial charge in [-0.25, -0.2) is 4.79 Å². The van der Waals surface area contributed by atoms with Gasteiger partial charge in [0.05, 0.1) is 18.4 Å². The van der Waals surface area contributed by atoms with E-state index in [1.807, 2.05) is 24.3 Å². The number of methoxy groups -OCH3 is 1. The summed E-state index contributed by atoms with van der Waals surface area (Å²) < 4.78 is 16.1. The van der Waals surface area contributed by atoms with Crippen molar-refractivity contribution < 1.29 is 18.7 Å². The van der Waals surface area contributed by atoms with Gasteiger partial charge >= 0.3 is 5.97 Å². The molecule has 1 aromatic carbocycles. The second kappa shape index (κ2) is 5.69. The normalized spacial score (nSPS) is 22.5. The quantitative estimate of drug-likeness (QED) is 0.811. The number of carbonyl (C=O) groups is 1. The Morgan fingerprint density at radius 2 is 2.19 bits per heavy atom. The van der Waals surface area contributed by atoms with Crippen LogP contribution in [0.1, 0.15) is 29.0 Å². The first-order valence-electron chi connectivity index (χ1n) is 8.62. The van der Waals surface area contributed by atoms with Gasteiger partial charge in [0.15, 0.2) is 0 Å². The van der Waals surface area contributed by atoms with E-state index in [1.165, 1.54) is 12.7 Å². The van der Waals surface area contributed by atoms with Gasteiger partial charge in [-0.3, -0.25) is 0 Å². The van der Waals surface area contributed by atoms with Gasteiger partial charge in [0.2, 0.25) is 0 Å². The van der Waals surface area contributed by atoms with E-state index in [-0.39, 0.29) is 11.9 Å². The van der Waals surface area contributed by atoms with Gasteiger partial charge in [0.1, 0.15) is 18.9 Å². The molecule has 0 radical (unpaired) electrons. The number of ether oxygens (including phenoxy) is 2. The SMILES string of the molecule is COC(=O)C1CC2C(=C(c3coc4c3C=CCO4)N1)Nc1ccccc12. The smallest absolute Gasteiger partial charge is 0.328 e. The number of anilines is 1. The number of benzene rings is 1. The molecule has 0 amide bonds. The minimum atomic E-state index is -0.421. The standard InChI is InChI=1S/C20H18N2O4/c1-24-19(23)16-9-13-11-5-2-3-7-15(11)21-17(13)18(22-16)14-10-26-20-12(14)6-4-8-25-20/h2-7,10,13,16,21-22H,8-9H2,1H3. The highest BCUT2D eigenvalue weighted by molar-refractivity contribution is 5.87. The highest BCUT2D eigenvalue weighted by Crippen LogP contribution is 2.47. The van der Waals surface area contributed by atoms with Crippen molar-refractivity contribution in [1.82, 2.24) is 5.32 Å². The predicted octanol–water partition coefficient (Wildman–Crippen LogP) is 3.10. The topological polar surface area (TPSA) is 72.7 Å². The van der Waals surface area contributed by atoms with E-state index in [2.05, 4.69) is 22.8 Å². The largest absolute Gasteiger partial charge is 0.467 e. The van der Waals surface area contributed by atoms with Crippen molar-refractivity contribution in [2.24, 2.45) is 0 Å². The van der Waals surface area contributed by atoms with Crippen LogP contribution in [0.2, 0.25) is 0 Å². The third kappa shape index (κ3) is 2.15. The van der Waals surface area contributed by atoms with Crippen LogP contribution in [0.15, 0.2) is 46.7 Å². The molecule has 3 aliphatic rings. The minimum absolute atomic E-state index is 0.102. The Bertz CT molecular complexity index is 956. The molecule has 26 heavy (non-hydrogen) atoms. The lowest BCUT2D eigenvalue weighted by Gasteiger charge is -2.30. The summed E-state index contributed by atoms with van der Waals surface area (Å²) in [7, 11) is 1.42. The Morgan fingerprint density at radius 1 is 1.31 bits per heavy atom. The summed E-state index contributed by atoms with van der Waals surface area (Å²) in [5.74, 6) is 0.338. The van der Waals surface area contributed by atoms with Gasteiger partial charge in [-0.05, 0) is 30.2 Å². The van der Waals surface area contributed by atoms with E-state index in [4.69, 9.17) is 13.9 Å². The van der Waals surface area contributed by atoms with E-state index in [1.54, 1.807) is 6.26 Å².